The summed E-state index contributed by atoms with van der Waals surface area (Å²) < 4.78 is 0. The minimum Gasteiger partial charge on any atom is -0.290 e. The van der Waals surface area contributed by atoms with Crippen molar-refractivity contribution in [1.82, 2.24) is 0 Å². The second-order valence-electron chi connectivity index (χ2n) is 2.30. The normalized spacial score (nSPS) is 14.2. The van der Waals surface area contributed by atoms with E-state index in [4.69, 9.17) is 4.89 Å². The molecule has 55 valence electrons. The lowest BCUT2D eigenvalue weighted by Gasteiger charge is -2.01. The van der Waals surface area contributed by atoms with Crippen LogP contribution in [0.5, 0.6) is 5.75 Å². The van der Waals surface area contributed by atoms with Crippen molar-refractivity contribution in [2.75, 3.05) is 0 Å². The van der Waals surface area contributed by atoms with Crippen molar-refractivity contribution < 1.29 is 9.78 Å². The van der Waals surface area contributed by atoms with Crippen LogP contribution in [0.15, 0.2) is 30.3 Å². The first-order valence-corrected chi connectivity index (χ1v) is 3.45. The van der Waals surface area contributed by atoms with E-state index in [2.05, 4.69) is 11.1 Å². The third-order valence-corrected chi connectivity index (χ3v) is 1.56. The quantitative estimate of drug-likeness (QED) is 0.521. The fourth-order valence-corrected chi connectivity index (χ4v) is 1.01. The molecule has 1 aliphatic rings. The van der Waals surface area contributed by atoms with Gasteiger partial charge in [-0.25, -0.2) is 0 Å². The SMILES string of the molecule is [C]1=CCc2ccccc2OO1. The average Bonchev–Trinajstić information content (AvgIpc) is 2.28. The molecule has 0 saturated heterocycles. The molecule has 1 heterocycles. The molecule has 1 aliphatic heterocycles. The van der Waals surface area contributed by atoms with Crippen molar-refractivity contribution in [2.45, 2.75) is 6.42 Å². The second-order valence-corrected chi connectivity index (χ2v) is 2.30. The summed E-state index contributed by atoms with van der Waals surface area (Å²) in [5.41, 5.74) is 1.12. The first-order chi connectivity index (χ1) is 5.47. The molecule has 0 atom stereocenters. The van der Waals surface area contributed by atoms with E-state index < -0.39 is 0 Å². The fourth-order valence-electron chi connectivity index (χ4n) is 1.01. The number of para-hydroxylation sites is 1. The molecular formula is C9H7O2. The van der Waals surface area contributed by atoms with Gasteiger partial charge in [-0.15, -0.1) is 0 Å². The number of benzene rings is 1. The van der Waals surface area contributed by atoms with Crippen LogP contribution in [-0.2, 0) is 11.3 Å². The number of allylic oxidation sites excluding steroid dienone is 1. The molecule has 0 spiro atoms. The largest absolute Gasteiger partial charge is 0.290 e. The Bertz CT molecular complexity index is 279. The molecule has 0 amide bonds. The Kier molecular flexibility index (Phi) is 1.52. The molecule has 0 saturated carbocycles. The van der Waals surface area contributed by atoms with Crippen LogP contribution in [0.25, 0.3) is 0 Å². The average molecular weight is 147 g/mol. The highest BCUT2D eigenvalue weighted by atomic mass is 17.2. The van der Waals surface area contributed by atoms with Crippen molar-refractivity contribution in [1.29, 1.82) is 0 Å². The van der Waals surface area contributed by atoms with Crippen LogP contribution in [0, 0.1) is 6.26 Å². The molecule has 0 aromatic heterocycles. The van der Waals surface area contributed by atoms with Gasteiger partial charge in [-0.3, -0.25) is 9.78 Å². The van der Waals surface area contributed by atoms with Gasteiger partial charge in [0, 0.05) is 5.56 Å². The molecule has 0 aliphatic carbocycles. The van der Waals surface area contributed by atoms with E-state index in [9.17, 15) is 0 Å². The highest BCUT2D eigenvalue weighted by Crippen LogP contribution is 2.20. The highest BCUT2D eigenvalue weighted by Gasteiger charge is 2.04. The number of rotatable bonds is 0. The Hall–Kier alpha value is -1.44. The van der Waals surface area contributed by atoms with E-state index in [1.54, 1.807) is 6.08 Å². The van der Waals surface area contributed by atoms with Gasteiger partial charge < -0.3 is 0 Å². The molecule has 1 aromatic carbocycles. The summed E-state index contributed by atoms with van der Waals surface area (Å²) in [6, 6.07) is 7.76. The lowest BCUT2D eigenvalue weighted by molar-refractivity contribution is -0.159. The van der Waals surface area contributed by atoms with Crippen molar-refractivity contribution in [3.63, 3.8) is 0 Å². The zero-order valence-corrected chi connectivity index (χ0v) is 5.91. The van der Waals surface area contributed by atoms with Crippen molar-refractivity contribution in [2.24, 2.45) is 0 Å². The summed E-state index contributed by atoms with van der Waals surface area (Å²) in [5, 5.41) is 0. The summed E-state index contributed by atoms with van der Waals surface area (Å²) in [4.78, 5) is 9.52. The number of hydrogen-bond acceptors (Lipinski definition) is 2. The van der Waals surface area contributed by atoms with Crippen LogP contribution < -0.4 is 4.89 Å². The standard InChI is InChI=1S/C9H7O2/c1-2-6-9-8(4-1)5-3-7-10-11-9/h1-4,6H,5H2. The molecule has 1 aromatic rings. The van der Waals surface area contributed by atoms with Gasteiger partial charge in [0.05, 0.1) is 0 Å². The minimum absolute atomic E-state index is 0.772. The van der Waals surface area contributed by atoms with Crippen LogP contribution >= 0.6 is 0 Å². The van der Waals surface area contributed by atoms with Gasteiger partial charge in [0.25, 0.3) is 0 Å². The first kappa shape index (κ1) is 6.28. The van der Waals surface area contributed by atoms with Gasteiger partial charge in [-0.2, -0.15) is 0 Å². The van der Waals surface area contributed by atoms with Crippen LogP contribution in [0.1, 0.15) is 5.56 Å². The molecule has 2 nitrogen and oxygen atoms in total. The fraction of sp³-hybridized carbons (Fsp3) is 0.111. The van der Waals surface area contributed by atoms with E-state index in [1.807, 2.05) is 24.3 Å². The third kappa shape index (κ3) is 1.19. The zero-order valence-electron chi connectivity index (χ0n) is 5.91. The maximum atomic E-state index is 4.91. The minimum atomic E-state index is 0.772. The molecule has 0 N–H and O–H groups in total. The summed E-state index contributed by atoms with van der Waals surface area (Å²) in [7, 11) is 0. The van der Waals surface area contributed by atoms with Crippen molar-refractivity contribution in [3.05, 3.63) is 42.2 Å². The Morgan fingerprint density at radius 1 is 1.27 bits per heavy atom. The number of hydrogen-bond donors (Lipinski definition) is 0. The van der Waals surface area contributed by atoms with Gasteiger partial charge >= 0.3 is 0 Å². The smallest absolute Gasteiger partial charge is 0.221 e. The molecule has 2 heteroatoms. The maximum absolute atomic E-state index is 4.91. The maximum Gasteiger partial charge on any atom is 0.221 e. The van der Waals surface area contributed by atoms with E-state index in [0.717, 1.165) is 17.7 Å². The predicted molar refractivity (Wildman–Crippen MR) is 39.7 cm³/mol. The molecular weight excluding hydrogens is 140 g/mol. The predicted octanol–water partition coefficient (Wildman–Crippen LogP) is 1.87. The monoisotopic (exact) mass is 147 g/mol. The molecule has 2 rings (SSSR count). The number of fused-ring (bicyclic) bond motifs is 1. The van der Waals surface area contributed by atoms with E-state index in [-0.39, 0.29) is 0 Å². The van der Waals surface area contributed by atoms with Crippen LogP contribution in [0.4, 0.5) is 0 Å². The Labute approximate surface area is 65.0 Å². The molecule has 11 heavy (non-hydrogen) atoms. The Morgan fingerprint density at radius 3 is 3.18 bits per heavy atom. The van der Waals surface area contributed by atoms with E-state index in [1.165, 1.54) is 0 Å². The van der Waals surface area contributed by atoms with Crippen LogP contribution in [-0.4, -0.2) is 0 Å². The van der Waals surface area contributed by atoms with Gasteiger partial charge in [-0.1, -0.05) is 18.2 Å². The van der Waals surface area contributed by atoms with Crippen molar-refractivity contribution >= 4 is 0 Å². The topological polar surface area (TPSA) is 18.5 Å². The Morgan fingerprint density at radius 2 is 2.18 bits per heavy atom. The van der Waals surface area contributed by atoms with Crippen molar-refractivity contribution in [3.8, 4) is 5.75 Å². The van der Waals surface area contributed by atoms with Gasteiger partial charge in [-0.05, 0) is 18.6 Å². The zero-order chi connectivity index (χ0) is 7.52. The summed E-state index contributed by atoms with van der Waals surface area (Å²) in [6.07, 6.45) is 5.16. The second kappa shape index (κ2) is 2.66. The molecule has 0 bridgehead atoms. The summed E-state index contributed by atoms with van der Waals surface area (Å²) >= 11 is 0. The lowest BCUT2D eigenvalue weighted by atomic mass is 10.1. The molecule has 0 unspecified atom stereocenters. The third-order valence-electron chi connectivity index (χ3n) is 1.56. The Balaban J connectivity index is 2.40. The summed E-state index contributed by atoms with van der Waals surface area (Å²) in [6.45, 7) is 0. The molecule has 1 radical (unpaired) electrons. The van der Waals surface area contributed by atoms with Crippen LogP contribution in [0.3, 0.4) is 0 Å². The lowest BCUT2D eigenvalue weighted by Crippen LogP contribution is -1.90. The first-order valence-electron chi connectivity index (χ1n) is 3.45. The van der Waals surface area contributed by atoms with Crippen LogP contribution in [0.2, 0.25) is 0 Å². The summed E-state index contributed by atoms with van der Waals surface area (Å²) in [5.74, 6) is 0.772. The molecule has 0 fully saturated rings. The van der Waals surface area contributed by atoms with Gasteiger partial charge in [0.1, 0.15) is 0 Å². The van der Waals surface area contributed by atoms with E-state index in [0.29, 0.717) is 0 Å². The van der Waals surface area contributed by atoms with E-state index >= 15 is 0 Å². The van der Waals surface area contributed by atoms with Gasteiger partial charge in [0.2, 0.25) is 6.26 Å². The highest BCUT2D eigenvalue weighted by molar-refractivity contribution is 5.34. The van der Waals surface area contributed by atoms with Gasteiger partial charge in [0.15, 0.2) is 5.75 Å².